The lowest BCUT2D eigenvalue weighted by Crippen LogP contribution is -2.42. The molecular weight excluding hydrogens is 382 g/mol. The van der Waals surface area contributed by atoms with Crippen molar-refractivity contribution in [2.24, 2.45) is 0 Å². The SMILES string of the molecule is COc1cncc(OC)c1C1CCCC(C=O)N1Cc1cccc(-n2nccn2)c1. The summed E-state index contributed by atoms with van der Waals surface area (Å²) >= 11 is 0. The highest BCUT2D eigenvalue weighted by Crippen LogP contribution is 2.43. The molecular formula is C22H25N5O3. The molecule has 8 heteroatoms. The maximum Gasteiger partial charge on any atom is 0.145 e. The first-order valence-corrected chi connectivity index (χ1v) is 9.97. The molecule has 1 fully saturated rings. The molecule has 0 radical (unpaired) electrons. The lowest BCUT2D eigenvalue weighted by molar-refractivity contribution is -0.115. The van der Waals surface area contributed by atoms with Gasteiger partial charge < -0.3 is 14.3 Å². The molecule has 3 heterocycles. The normalized spacial score (nSPS) is 19.4. The molecule has 2 unspecified atom stereocenters. The Bertz CT molecular complexity index is 970. The number of likely N-dealkylation sites (tertiary alicyclic amines) is 1. The molecule has 8 nitrogen and oxygen atoms in total. The number of hydrogen-bond donors (Lipinski definition) is 0. The predicted octanol–water partition coefficient (Wildman–Crippen LogP) is 2.97. The summed E-state index contributed by atoms with van der Waals surface area (Å²) in [6.45, 7) is 0.609. The van der Waals surface area contributed by atoms with Crippen molar-refractivity contribution >= 4 is 6.29 Å². The quantitative estimate of drug-likeness (QED) is 0.557. The number of hydrogen-bond acceptors (Lipinski definition) is 7. The molecule has 3 aromatic rings. The van der Waals surface area contributed by atoms with Crippen LogP contribution in [0.5, 0.6) is 11.5 Å². The van der Waals surface area contributed by atoms with Crippen LogP contribution < -0.4 is 9.47 Å². The van der Waals surface area contributed by atoms with Crippen LogP contribution in [-0.4, -0.2) is 51.4 Å². The molecule has 0 aliphatic carbocycles. The van der Waals surface area contributed by atoms with Crippen LogP contribution in [0.1, 0.15) is 36.4 Å². The molecule has 1 aliphatic rings. The molecule has 2 atom stereocenters. The molecule has 1 aliphatic heterocycles. The molecule has 0 amide bonds. The van der Waals surface area contributed by atoms with Crippen molar-refractivity contribution in [3.8, 4) is 17.2 Å². The second-order valence-corrected chi connectivity index (χ2v) is 7.27. The Morgan fingerprint density at radius 1 is 1.10 bits per heavy atom. The summed E-state index contributed by atoms with van der Waals surface area (Å²) in [5.74, 6) is 1.34. The van der Waals surface area contributed by atoms with Gasteiger partial charge in [-0.05, 0) is 37.0 Å². The van der Waals surface area contributed by atoms with Gasteiger partial charge in [0.2, 0.25) is 0 Å². The number of piperidine rings is 1. The Balaban J connectivity index is 1.71. The number of carbonyl (C=O) groups is 1. The van der Waals surface area contributed by atoms with Gasteiger partial charge in [-0.3, -0.25) is 9.88 Å². The van der Waals surface area contributed by atoms with Crippen molar-refractivity contribution in [2.75, 3.05) is 14.2 Å². The fraction of sp³-hybridized carbons (Fsp3) is 0.364. The van der Waals surface area contributed by atoms with E-state index in [1.165, 1.54) is 0 Å². The molecule has 1 aromatic carbocycles. The number of methoxy groups -OCH3 is 2. The van der Waals surface area contributed by atoms with E-state index < -0.39 is 0 Å². The number of ether oxygens (including phenoxy) is 2. The van der Waals surface area contributed by atoms with E-state index in [-0.39, 0.29) is 12.1 Å². The van der Waals surface area contributed by atoms with Crippen molar-refractivity contribution in [3.05, 3.63) is 60.2 Å². The van der Waals surface area contributed by atoms with Gasteiger partial charge in [0.1, 0.15) is 17.8 Å². The van der Waals surface area contributed by atoms with E-state index in [1.54, 1.807) is 43.8 Å². The van der Waals surface area contributed by atoms with E-state index in [9.17, 15) is 4.79 Å². The lowest BCUT2D eigenvalue weighted by Gasteiger charge is -2.40. The maximum absolute atomic E-state index is 12.0. The first-order chi connectivity index (χ1) is 14.7. The van der Waals surface area contributed by atoms with E-state index >= 15 is 0 Å². The fourth-order valence-electron chi connectivity index (χ4n) is 4.19. The second kappa shape index (κ2) is 9.04. The van der Waals surface area contributed by atoms with E-state index in [1.807, 2.05) is 12.1 Å². The predicted molar refractivity (Wildman–Crippen MR) is 111 cm³/mol. The van der Waals surface area contributed by atoms with Gasteiger partial charge in [0, 0.05) is 12.6 Å². The third-order valence-electron chi connectivity index (χ3n) is 5.57. The van der Waals surface area contributed by atoms with E-state index in [4.69, 9.17) is 9.47 Å². The first-order valence-electron chi connectivity index (χ1n) is 9.97. The molecule has 0 spiro atoms. The van der Waals surface area contributed by atoms with Gasteiger partial charge in [0.05, 0.1) is 56.3 Å². The van der Waals surface area contributed by atoms with Crippen LogP contribution in [0.3, 0.4) is 0 Å². The summed E-state index contributed by atoms with van der Waals surface area (Å²) in [4.78, 5) is 20.0. The number of aldehydes is 1. The van der Waals surface area contributed by atoms with Gasteiger partial charge in [-0.1, -0.05) is 12.1 Å². The van der Waals surface area contributed by atoms with Gasteiger partial charge >= 0.3 is 0 Å². The average Bonchev–Trinajstić information content (AvgIpc) is 3.34. The topological polar surface area (TPSA) is 82.4 Å². The van der Waals surface area contributed by atoms with Gasteiger partial charge in [-0.2, -0.15) is 15.0 Å². The summed E-state index contributed by atoms with van der Waals surface area (Å²) in [5, 5.41) is 8.42. The number of benzene rings is 1. The molecule has 0 N–H and O–H groups in total. The average molecular weight is 407 g/mol. The van der Waals surface area contributed by atoms with Crippen LogP contribution in [0.4, 0.5) is 0 Å². The molecule has 0 saturated carbocycles. The Morgan fingerprint density at radius 3 is 2.50 bits per heavy atom. The number of carbonyl (C=O) groups excluding carboxylic acids is 1. The number of rotatable bonds is 7. The molecule has 0 bridgehead atoms. The molecule has 2 aromatic heterocycles. The molecule has 4 rings (SSSR count). The van der Waals surface area contributed by atoms with Crippen molar-refractivity contribution in [1.82, 2.24) is 24.9 Å². The van der Waals surface area contributed by atoms with E-state index in [2.05, 4.69) is 32.2 Å². The van der Waals surface area contributed by atoms with Crippen LogP contribution in [-0.2, 0) is 11.3 Å². The summed E-state index contributed by atoms with van der Waals surface area (Å²) in [5.41, 5.74) is 2.90. The summed E-state index contributed by atoms with van der Waals surface area (Å²) in [6, 6.07) is 7.85. The van der Waals surface area contributed by atoms with E-state index in [0.29, 0.717) is 18.0 Å². The van der Waals surface area contributed by atoms with Gasteiger partial charge in [-0.25, -0.2) is 0 Å². The zero-order valence-corrected chi connectivity index (χ0v) is 17.1. The summed E-state index contributed by atoms with van der Waals surface area (Å²) < 4.78 is 11.2. The van der Waals surface area contributed by atoms with Crippen LogP contribution in [0, 0.1) is 0 Å². The summed E-state index contributed by atoms with van der Waals surface area (Å²) in [7, 11) is 3.26. The highest BCUT2D eigenvalue weighted by Gasteiger charge is 2.35. The maximum atomic E-state index is 12.0. The van der Waals surface area contributed by atoms with Crippen molar-refractivity contribution in [1.29, 1.82) is 0 Å². The Labute approximate surface area is 175 Å². The highest BCUT2D eigenvalue weighted by atomic mass is 16.5. The van der Waals surface area contributed by atoms with Crippen molar-refractivity contribution < 1.29 is 14.3 Å². The Morgan fingerprint density at radius 2 is 1.83 bits per heavy atom. The summed E-state index contributed by atoms with van der Waals surface area (Å²) in [6.07, 6.45) is 10.4. The third kappa shape index (κ3) is 3.91. The third-order valence-corrected chi connectivity index (χ3v) is 5.57. The Hall–Kier alpha value is -3.26. The second-order valence-electron chi connectivity index (χ2n) is 7.27. The lowest BCUT2D eigenvalue weighted by atomic mass is 9.90. The minimum atomic E-state index is -0.183. The standard InChI is InChI=1S/C22H25N5O3/c1-29-20-12-23-13-21(30-2)22(20)19-8-4-7-18(15-28)26(19)14-16-5-3-6-17(11-16)27-24-9-10-25-27/h3,5-6,9-13,15,18-19H,4,7-8,14H2,1-2H3. The van der Waals surface area contributed by atoms with Crippen LogP contribution in [0.15, 0.2) is 49.1 Å². The van der Waals surface area contributed by atoms with Crippen LogP contribution in [0.25, 0.3) is 5.69 Å². The van der Waals surface area contributed by atoms with Gasteiger partial charge in [0.25, 0.3) is 0 Å². The number of pyridine rings is 1. The minimum Gasteiger partial charge on any atom is -0.495 e. The van der Waals surface area contributed by atoms with Gasteiger partial charge in [-0.15, -0.1) is 0 Å². The number of aromatic nitrogens is 4. The van der Waals surface area contributed by atoms with Crippen LogP contribution >= 0.6 is 0 Å². The molecule has 30 heavy (non-hydrogen) atoms. The first kappa shape index (κ1) is 20.0. The van der Waals surface area contributed by atoms with Crippen LogP contribution in [0.2, 0.25) is 0 Å². The molecule has 1 saturated heterocycles. The monoisotopic (exact) mass is 407 g/mol. The highest BCUT2D eigenvalue weighted by molar-refractivity contribution is 5.58. The smallest absolute Gasteiger partial charge is 0.145 e. The molecule has 156 valence electrons. The zero-order chi connectivity index (χ0) is 20.9. The van der Waals surface area contributed by atoms with Crippen molar-refractivity contribution in [2.45, 2.75) is 37.9 Å². The van der Waals surface area contributed by atoms with Crippen molar-refractivity contribution in [3.63, 3.8) is 0 Å². The largest absolute Gasteiger partial charge is 0.495 e. The van der Waals surface area contributed by atoms with E-state index in [0.717, 1.165) is 42.4 Å². The fourth-order valence-corrected chi connectivity index (χ4v) is 4.19. The van der Waals surface area contributed by atoms with Gasteiger partial charge in [0.15, 0.2) is 0 Å². The Kier molecular flexibility index (Phi) is 6.04. The minimum absolute atomic E-state index is 0.0201. The zero-order valence-electron chi connectivity index (χ0n) is 17.1. The number of nitrogens with zero attached hydrogens (tertiary/aromatic N) is 5.